The van der Waals surface area contributed by atoms with Gasteiger partial charge in [-0.1, -0.05) is 6.07 Å². The topological polar surface area (TPSA) is 21.3 Å². The third-order valence-electron chi connectivity index (χ3n) is 4.12. The Morgan fingerprint density at radius 3 is 2.76 bits per heavy atom. The minimum absolute atomic E-state index is 0.656. The molecular formula is C15H21NO. The van der Waals surface area contributed by atoms with Crippen LogP contribution in [0.2, 0.25) is 0 Å². The highest BCUT2D eigenvalue weighted by atomic mass is 16.5. The molecule has 0 spiro atoms. The van der Waals surface area contributed by atoms with Crippen LogP contribution < -0.4 is 10.1 Å². The number of rotatable bonds is 3. The van der Waals surface area contributed by atoms with Gasteiger partial charge in [-0.15, -0.1) is 0 Å². The summed E-state index contributed by atoms with van der Waals surface area (Å²) in [7, 11) is 1.79. The van der Waals surface area contributed by atoms with Crippen molar-refractivity contribution in [2.75, 3.05) is 13.7 Å². The second-order valence-electron chi connectivity index (χ2n) is 5.28. The maximum Gasteiger partial charge on any atom is 0.122 e. The monoisotopic (exact) mass is 231 g/mol. The van der Waals surface area contributed by atoms with Crippen LogP contribution in [0.25, 0.3) is 0 Å². The van der Waals surface area contributed by atoms with Gasteiger partial charge >= 0.3 is 0 Å². The predicted molar refractivity (Wildman–Crippen MR) is 69.7 cm³/mol. The van der Waals surface area contributed by atoms with Gasteiger partial charge in [-0.2, -0.15) is 0 Å². The summed E-state index contributed by atoms with van der Waals surface area (Å²) in [5.41, 5.74) is 4.45. The molecule has 1 fully saturated rings. The predicted octanol–water partition coefficient (Wildman–Crippen LogP) is 2.48. The summed E-state index contributed by atoms with van der Waals surface area (Å²) < 4.78 is 5.55. The lowest BCUT2D eigenvalue weighted by Gasteiger charge is -2.15. The summed E-state index contributed by atoms with van der Waals surface area (Å²) in [5.74, 6) is 1.10. The van der Waals surface area contributed by atoms with Crippen LogP contribution in [-0.2, 0) is 19.3 Å². The average molecular weight is 231 g/mol. The van der Waals surface area contributed by atoms with Crippen LogP contribution in [0.5, 0.6) is 5.75 Å². The first kappa shape index (κ1) is 11.1. The van der Waals surface area contributed by atoms with Gasteiger partial charge in [0.2, 0.25) is 0 Å². The van der Waals surface area contributed by atoms with E-state index < -0.39 is 0 Å². The van der Waals surface area contributed by atoms with E-state index >= 15 is 0 Å². The number of fused-ring (bicyclic) bond motifs is 1. The Morgan fingerprint density at radius 2 is 2.06 bits per heavy atom. The van der Waals surface area contributed by atoms with Crippen molar-refractivity contribution in [1.82, 2.24) is 5.32 Å². The molecule has 0 radical (unpaired) electrons. The molecule has 3 rings (SSSR count). The van der Waals surface area contributed by atoms with Gasteiger partial charge < -0.3 is 10.1 Å². The Morgan fingerprint density at radius 1 is 1.24 bits per heavy atom. The van der Waals surface area contributed by atoms with Crippen LogP contribution in [0.3, 0.4) is 0 Å². The van der Waals surface area contributed by atoms with E-state index in [4.69, 9.17) is 4.74 Å². The first-order valence-corrected chi connectivity index (χ1v) is 6.79. The molecule has 2 nitrogen and oxygen atoms in total. The highest BCUT2D eigenvalue weighted by molar-refractivity contribution is 5.45. The molecule has 0 amide bonds. The van der Waals surface area contributed by atoms with Gasteiger partial charge in [-0.25, -0.2) is 0 Å². The molecule has 1 N–H and O–H groups in total. The third-order valence-corrected chi connectivity index (χ3v) is 4.12. The molecule has 1 heterocycles. The van der Waals surface area contributed by atoms with E-state index in [2.05, 4.69) is 17.4 Å². The maximum absolute atomic E-state index is 5.55. The molecule has 0 saturated carbocycles. The normalized spacial score (nSPS) is 22.8. The highest BCUT2D eigenvalue weighted by Gasteiger charge is 2.19. The number of benzene rings is 1. The van der Waals surface area contributed by atoms with Crippen LogP contribution in [0.4, 0.5) is 0 Å². The summed E-state index contributed by atoms with van der Waals surface area (Å²) >= 11 is 0. The van der Waals surface area contributed by atoms with E-state index in [0.717, 1.165) is 12.2 Å². The summed E-state index contributed by atoms with van der Waals surface area (Å²) in [6.07, 6.45) is 7.54. The Labute approximate surface area is 103 Å². The zero-order valence-corrected chi connectivity index (χ0v) is 10.6. The Kier molecular flexibility index (Phi) is 3.06. The van der Waals surface area contributed by atoms with Crippen LogP contribution in [0, 0.1) is 0 Å². The largest absolute Gasteiger partial charge is 0.496 e. The molecule has 0 aromatic heterocycles. The van der Waals surface area contributed by atoms with Gasteiger partial charge in [0.05, 0.1) is 7.11 Å². The fourth-order valence-electron chi connectivity index (χ4n) is 3.20. The van der Waals surface area contributed by atoms with E-state index in [1.165, 1.54) is 49.8 Å². The van der Waals surface area contributed by atoms with Crippen molar-refractivity contribution in [3.05, 3.63) is 28.8 Å². The molecular weight excluding hydrogens is 210 g/mol. The maximum atomic E-state index is 5.55. The fraction of sp³-hybridized carbons (Fsp3) is 0.600. The number of ether oxygens (including phenoxy) is 1. The van der Waals surface area contributed by atoms with Crippen molar-refractivity contribution >= 4 is 0 Å². The number of hydrogen-bond acceptors (Lipinski definition) is 2. The summed E-state index contributed by atoms with van der Waals surface area (Å²) in [5, 5.41) is 3.57. The molecule has 1 aliphatic heterocycles. The highest BCUT2D eigenvalue weighted by Crippen LogP contribution is 2.31. The molecule has 17 heavy (non-hydrogen) atoms. The minimum atomic E-state index is 0.656. The van der Waals surface area contributed by atoms with Crippen molar-refractivity contribution in [3.8, 4) is 5.75 Å². The van der Waals surface area contributed by atoms with Gasteiger partial charge in [-0.3, -0.25) is 0 Å². The van der Waals surface area contributed by atoms with E-state index in [1.54, 1.807) is 12.7 Å². The molecule has 1 atom stereocenters. The molecule has 2 heteroatoms. The van der Waals surface area contributed by atoms with Crippen LogP contribution in [0.15, 0.2) is 12.1 Å². The van der Waals surface area contributed by atoms with Crippen molar-refractivity contribution in [1.29, 1.82) is 0 Å². The zero-order valence-electron chi connectivity index (χ0n) is 10.6. The molecule has 1 aliphatic carbocycles. The summed E-state index contributed by atoms with van der Waals surface area (Å²) in [6.45, 7) is 1.18. The SMILES string of the molecule is COc1cc2c(cc1CC1CCCN1)CCC2. The lowest BCUT2D eigenvalue weighted by Crippen LogP contribution is -2.23. The number of aryl methyl sites for hydroxylation is 2. The van der Waals surface area contributed by atoms with Gasteiger partial charge in [0.1, 0.15) is 5.75 Å². The lowest BCUT2D eigenvalue weighted by molar-refractivity contribution is 0.406. The Balaban J connectivity index is 1.86. The van der Waals surface area contributed by atoms with E-state index in [-0.39, 0.29) is 0 Å². The molecule has 1 aromatic rings. The van der Waals surface area contributed by atoms with Gasteiger partial charge in [0.25, 0.3) is 0 Å². The van der Waals surface area contributed by atoms with Gasteiger partial charge in [0, 0.05) is 6.04 Å². The van der Waals surface area contributed by atoms with Crippen molar-refractivity contribution in [2.24, 2.45) is 0 Å². The van der Waals surface area contributed by atoms with E-state index in [1.807, 2.05) is 0 Å². The molecule has 1 saturated heterocycles. The van der Waals surface area contributed by atoms with Crippen LogP contribution in [-0.4, -0.2) is 19.7 Å². The lowest BCUT2D eigenvalue weighted by atomic mass is 9.99. The fourth-order valence-corrected chi connectivity index (χ4v) is 3.20. The van der Waals surface area contributed by atoms with Crippen LogP contribution >= 0.6 is 0 Å². The van der Waals surface area contributed by atoms with Crippen molar-refractivity contribution < 1.29 is 4.74 Å². The smallest absolute Gasteiger partial charge is 0.122 e. The van der Waals surface area contributed by atoms with Crippen LogP contribution in [0.1, 0.15) is 36.0 Å². The number of methoxy groups -OCH3 is 1. The Bertz CT molecular complexity index is 408. The number of nitrogens with one attached hydrogen (secondary N) is 1. The van der Waals surface area contributed by atoms with Crippen molar-refractivity contribution in [2.45, 2.75) is 44.6 Å². The quantitative estimate of drug-likeness (QED) is 0.863. The van der Waals surface area contributed by atoms with E-state index in [0.29, 0.717) is 6.04 Å². The van der Waals surface area contributed by atoms with Gasteiger partial charge in [-0.05, 0) is 67.8 Å². The molecule has 92 valence electrons. The average Bonchev–Trinajstić information content (AvgIpc) is 2.98. The molecule has 2 aliphatic rings. The third kappa shape index (κ3) is 2.19. The Hall–Kier alpha value is -1.02. The standard InChI is InChI=1S/C15H21NO/c1-17-15-10-12-5-2-4-11(12)8-13(15)9-14-6-3-7-16-14/h8,10,14,16H,2-7,9H2,1H3. The first-order chi connectivity index (χ1) is 8.36. The molecule has 1 aromatic carbocycles. The second-order valence-corrected chi connectivity index (χ2v) is 5.28. The van der Waals surface area contributed by atoms with Gasteiger partial charge in [0.15, 0.2) is 0 Å². The minimum Gasteiger partial charge on any atom is -0.496 e. The first-order valence-electron chi connectivity index (χ1n) is 6.79. The molecule has 1 unspecified atom stereocenters. The van der Waals surface area contributed by atoms with E-state index in [9.17, 15) is 0 Å². The summed E-state index contributed by atoms with van der Waals surface area (Å²) in [6, 6.07) is 5.32. The number of hydrogen-bond donors (Lipinski definition) is 1. The summed E-state index contributed by atoms with van der Waals surface area (Å²) in [4.78, 5) is 0. The zero-order chi connectivity index (χ0) is 11.7. The van der Waals surface area contributed by atoms with Crippen molar-refractivity contribution in [3.63, 3.8) is 0 Å². The molecule has 0 bridgehead atoms. The second kappa shape index (κ2) is 4.69.